The van der Waals surface area contributed by atoms with E-state index >= 15 is 0 Å². The monoisotopic (exact) mass is 376 g/mol. The number of amides is 1. The molecule has 0 spiro atoms. The van der Waals surface area contributed by atoms with Gasteiger partial charge in [-0.05, 0) is 38.5 Å². The van der Waals surface area contributed by atoms with Crippen molar-refractivity contribution in [3.8, 4) is 11.8 Å². The van der Waals surface area contributed by atoms with Crippen molar-refractivity contribution in [3.05, 3.63) is 70.0 Å². The molecule has 1 atom stereocenters. The van der Waals surface area contributed by atoms with Gasteiger partial charge in [-0.2, -0.15) is 15.3 Å². The number of rotatable bonds is 5. The number of benzene rings is 1. The summed E-state index contributed by atoms with van der Waals surface area (Å²) in [6, 6.07) is 12.2. The van der Waals surface area contributed by atoms with Crippen LogP contribution in [0.1, 0.15) is 36.3 Å². The van der Waals surface area contributed by atoms with Crippen LogP contribution in [0.4, 0.5) is 5.82 Å². The van der Waals surface area contributed by atoms with Crippen LogP contribution in [0.15, 0.2) is 47.4 Å². The minimum Gasteiger partial charge on any atom is -0.308 e. The van der Waals surface area contributed by atoms with E-state index in [0.717, 1.165) is 0 Å². The zero-order valence-corrected chi connectivity index (χ0v) is 15.9. The molecule has 1 aromatic carbocycles. The number of anilines is 1. The summed E-state index contributed by atoms with van der Waals surface area (Å²) in [5.74, 6) is -0.143. The minimum absolute atomic E-state index is 0.234. The van der Waals surface area contributed by atoms with Gasteiger partial charge in [0.1, 0.15) is 17.7 Å². The Hall–Kier alpha value is -3.73. The van der Waals surface area contributed by atoms with Gasteiger partial charge in [0.05, 0.1) is 11.9 Å². The largest absolute Gasteiger partial charge is 0.348 e. The molecule has 1 N–H and O–H groups in total. The van der Waals surface area contributed by atoms with E-state index in [1.54, 1.807) is 19.9 Å². The highest BCUT2D eigenvalue weighted by Crippen LogP contribution is 2.22. The van der Waals surface area contributed by atoms with Gasteiger partial charge in [-0.25, -0.2) is 9.48 Å². The Morgan fingerprint density at radius 1 is 1.29 bits per heavy atom. The van der Waals surface area contributed by atoms with Gasteiger partial charge in [-0.3, -0.25) is 9.36 Å². The van der Waals surface area contributed by atoms with Gasteiger partial charge in [0.25, 0.3) is 0 Å². The molecule has 8 heteroatoms. The highest BCUT2D eigenvalue weighted by molar-refractivity contribution is 5.94. The Bertz CT molecular complexity index is 1110. The molecule has 0 saturated heterocycles. The maximum atomic E-state index is 13.0. The zero-order chi connectivity index (χ0) is 20.3. The summed E-state index contributed by atoms with van der Waals surface area (Å²) in [7, 11) is 0. The van der Waals surface area contributed by atoms with Gasteiger partial charge in [0, 0.05) is 11.4 Å². The van der Waals surface area contributed by atoms with Gasteiger partial charge >= 0.3 is 5.69 Å². The summed E-state index contributed by atoms with van der Waals surface area (Å²) >= 11 is 0. The average molecular weight is 376 g/mol. The molecule has 0 aliphatic heterocycles. The van der Waals surface area contributed by atoms with Gasteiger partial charge in [0.15, 0.2) is 5.82 Å². The lowest BCUT2D eigenvalue weighted by Gasteiger charge is -2.20. The topological polar surface area (TPSA) is 106 Å². The van der Waals surface area contributed by atoms with E-state index in [0.29, 0.717) is 23.5 Å². The molecular formula is C20H20N6O2. The van der Waals surface area contributed by atoms with Crippen LogP contribution in [-0.4, -0.2) is 25.2 Å². The van der Waals surface area contributed by atoms with E-state index in [1.165, 1.54) is 15.4 Å². The number of nitriles is 1. The van der Waals surface area contributed by atoms with Crippen LogP contribution < -0.4 is 11.0 Å². The normalized spacial score (nSPS) is 11.6. The summed E-state index contributed by atoms with van der Waals surface area (Å²) in [5.41, 5.74) is 1.71. The number of carbonyl (C=O) groups excluding carboxylic acids is 1. The second kappa shape index (κ2) is 7.88. The van der Waals surface area contributed by atoms with Gasteiger partial charge in [0.2, 0.25) is 5.91 Å². The fourth-order valence-corrected chi connectivity index (χ4v) is 3.14. The number of carbonyl (C=O) groups is 1. The van der Waals surface area contributed by atoms with Crippen molar-refractivity contribution in [2.45, 2.75) is 33.2 Å². The maximum absolute atomic E-state index is 13.0. The Morgan fingerprint density at radius 3 is 2.61 bits per heavy atom. The van der Waals surface area contributed by atoms with E-state index in [2.05, 4.69) is 15.4 Å². The summed E-state index contributed by atoms with van der Waals surface area (Å²) in [6.07, 6.45) is 1.78. The van der Waals surface area contributed by atoms with Crippen molar-refractivity contribution in [1.29, 1.82) is 5.26 Å². The first-order valence-corrected chi connectivity index (χ1v) is 8.87. The lowest BCUT2D eigenvalue weighted by Crippen LogP contribution is -2.36. The highest BCUT2D eigenvalue weighted by atomic mass is 16.2. The molecule has 3 aromatic rings. The summed E-state index contributed by atoms with van der Waals surface area (Å²) in [4.78, 5) is 29.4. The number of hydrogen-bond donors (Lipinski definition) is 1. The van der Waals surface area contributed by atoms with E-state index in [-0.39, 0.29) is 11.4 Å². The molecule has 0 radical (unpaired) electrons. The fraction of sp³-hybridized carbons (Fsp3) is 0.250. The van der Waals surface area contributed by atoms with Crippen molar-refractivity contribution >= 4 is 11.7 Å². The van der Waals surface area contributed by atoms with Crippen LogP contribution in [-0.2, 0) is 4.79 Å². The van der Waals surface area contributed by atoms with Crippen LogP contribution in [0.2, 0.25) is 0 Å². The van der Waals surface area contributed by atoms with E-state index in [9.17, 15) is 14.9 Å². The summed E-state index contributed by atoms with van der Waals surface area (Å²) in [6.45, 7) is 5.31. The Balaban J connectivity index is 2.00. The maximum Gasteiger partial charge on any atom is 0.348 e. The van der Waals surface area contributed by atoms with Crippen molar-refractivity contribution in [2.75, 3.05) is 5.32 Å². The van der Waals surface area contributed by atoms with Crippen molar-refractivity contribution < 1.29 is 4.79 Å². The van der Waals surface area contributed by atoms with Gasteiger partial charge in [-0.1, -0.05) is 25.1 Å². The Morgan fingerprint density at radius 2 is 2.00 bits per heavy atom. The molecule has 0 fully saturated rings. The van der Waals surface area contributed by atoms with E-state index in [1.807, 2.05) is 43.3 Å². The number of hydrogen-bond acceptors (Lipinski definition) is 5. The molecule has 28 heavy (non-hydrogen) atoms. The Labute approximate surface area is 162 Å². The van der Waals surface area contributed by atoms with Crippen LogP contribution in [0, 0.1) is 25.2 Å². The molecule has 142 valence electrons. The summed E-state index contributed by atoms with van der Waals surface area (Å²) < 4.78 is 2.86. The minimum atomic E-state index is -0.758. The molecule has 2 aromatic heterocycles. The van der Waals surface area contributed by atoms with Crippen molar-refractivity contribution in [2.24, 2.45) is 0 Å². The van der Waals surface area contributed by atoms with Gasteiger partial charge in [-0.15, -0.1) is 0 Å². The van der Waals surface area contributed by atoms with Crippen LogP contribution in [0.25, 0.3) is 5.69 Å². The second-order valence-corrected chi connectivity index (χ2v) is 6.37. The number of para-hydroxylation sites is 1. The molecule has 0 saturated carbocycles. The molecule has 0 aliphatic rings. The molecule has 3 rings (SSSR count). The molecule has 0 bridgehead atoms. The van der Waals surface area contributed by atoms with Crippen molar-refractivity contribution in [1.82, 2.24) is 19.3 Å². The Kier molecular flexibility index (Phi) is 5.36. The molecule has 0 aliphatic carbocycles. The quantitative estimate of drug-likeness (QED) is 0.736. The van der Waals surface area contributed by atoms with Crippen LogP contribution in [0.5, 0.6) is 0 Å². The molecule has 2 heterocycles. The molecule has 1 amide bonds. The highest BCUT2D eigenvalue weighted by Gasteiger charge is 2.24. The van der Waals surface area contributed by atoms with Gasteiger partial charge < -0.3 is 5.32 Å². The van der Waals surface area contributed by atoms with Crippen LogP contribution in [0.3, 0.4) is 0 Å². The lowest BCUT2D eigenvalue weighted by molar-refractivity contribution is -0.119. The molecular weight excluding hydrogens is 356 g/mol. The molecule has 8 nitrogen and oxygen atoms in total. The smallest absolute Gasteiger partial charge is 0.308 e. The summed E-state index contributed by atoms with van der Waals surface area (Å²) in [5, 5.41) is 16.4. The van der Waals surface area contributed by atoms with E-state index in [4.69, 9.17) is 0 Å². The standard InChI is InChI=1S/C20H20N6O2/c1-4-17(25-14(3)10-13(2)23-20(25)28)19(27)24-18-15(11-21)12-22-26(18)16-8-6-5-7-9-16/h5-10,12,17H,4H2,1-3H3,(H,24,27). The number of aromatic nitrogens is 4. The number of nitrogens with zero attached hydrogens (tertiary/aromatic N) is 5. The first kappa shape index (κ1) is 19.0. The first-order chi connectivity index (χ1) is 13.5. The third-order valence-electron chi connectivity index (χ3n) is 4.41. The number of nitrogens with one attached hydrogen (secondary N) is 1. The second-order valence-electron chi connectivity index (χ2n) is 6.37. The number of aryl methyl sites for hydroxylation is 2. The zero-order valence-electron chi connectivity index (χ0n) is 15.9. The predicted octanol–water partition coefficient (Wildman–Crippen LogP) is 2.51. The van der Waals surface area contributed by atoms with Crippen LogP contribution >= 0.6 is 0 Å². The van der Waals surface area contributed by atoms with E-state index < -0.39 is 17.6 Å². The molecule has 1 unspecified atom stereocenters. The fourth-order valence-electron chi connectivity index (χ4n) is 3.14. The third-order valence-corrected chi connectivity index (χ3v) is 4.41. The lowest BCUT2D eigenvalue weighted by atomic mass is 10.2. The van der Waals surface area contributed by atoms with Crippen molar-refractivity contribution in [3.63, 3.8) is 0 Å². The third kappa shape index (κ3) is 3.55. The SMILES string of the molecule is CCC(C(=O)Nc1c(C#N)cnn1-c1ccccc1)n1c(C)cc(C)nc1=O. The first-order valence-electron chi connectivity index (χ1n) is 8.87. The predicted molar refractivity (Wildman–Crippen MR) is 104 cm³/mol. The average Bonchev–Trinajstić information content (AvgIpc) is 3.07.